The van der Waals surface area contributed by atoms with Crippen LogP contribution in [0.3, 0.4) is 0 Å². The van der Waals surface area contributed by atoms with E-state index in [2.05, 4.69) is 29.0 Å². The lowest BCUT2D eigenvalue weighted by Gasteiger charge is -2.40. The first kappa shape index (κ1) is 13.8. The molecule has 5 nitrogen and oxygen atoms in total. The number of piperazine rings is 1. The van der Waals surface area contributed by atoms with Crippen molar-refractivity contribution in [3.63, 3.8) is 0 Å². The Morgan fingerprint density at radius 3 is 3.05 bits per heavy atom. The van der Waals surface area contributed by atoms with Crippen molar-refractivity contribution in [2.75, 3.05) is 31.1 Å². The number of ether oxygens (including phenoxy) is 1. The molecule has 1 aliphatic heterocycles. The fourth-order valence-corrected chi connectivity index (χ4v) is 2.34. The van der Waals surface area contributed by atoms with Gasteiger partial charge in [-0.25, -0.2) is 9.78 Å². The van der Waals surface area contributed by atoms with E-state index in [-0.39, 0.29) is 11.5 Å². The van der Waals surface area contributed by atoms with Crippen LogP contribution in [0, 0.1) is 0 Å². The highest BCUT2D eigenvalue weighted by molar-refractivity contribution is 5.94. The van der Waals surface area contributed by atoms with Crippen molar-refractivity contribution >= 4 is 11.8 Å². The average Bonchev–Trinajstić information content (AvgIpc) is 2.38. The zero-order valence-electron chi connectivity index (χ0n) is 11.8. The van der Waals surface area contributed by atoms with Crippen LogP contribution < -0.4 is 10.2 Å². The predicted molar refractivity (Wildman–Crippen MR) is 74.5 cm³/mol. The van der Waals surface area contributed by atoms with E-state index in [1.165, 1.54) is 0 Å². The molecule has 5 heteroatoms. The maximum Gasteiger partial charge on any atom is 0.341 e. The van der Waals surface area contributed by atoms with Crippen LogP contribution in [-0.2, 0) is 4.74 Å². The Kier molecular flexibility index (Phi) is 4.04. The van der Waals surface area contributed by atoms with Gasteiger partial charge in [0.2, 0.25) is 0 Å². The molecule has 0 aromatic carbocycles. The molecule has 0 spiro atoms. The first-order valence-electron chi connectivity index (χ1n) is 6.65. The highest BCUT2D eigenvalue weighted by Crippen LogP contribution is 2.22. The number of anilines is 1. The van der Waals surface area contributed by atoms with Gasteiger partial charge in [-0.2, -0.15) is 0 Å². The summed E-state index contributed by atoms with van der Waals surface area (Å²) in [7, 11) is 0. The smallest absolute Gasteiger partial charge is 0.341 e. The highest BCUT2D eigenvalue weighted by atomic mass is 16.5. The number of pyridine rings is 1. The Hall–Kier alpha value is -1.62. The zero-order valence-corrected chi connectivity index (χ0v) is 11.8. The van der Waals surface area contributed by atoms with Gasteiger partial charge in [-0.1, -0.05) is 0 Å². The Morgan fingerprint density at radius 2 is 2.37 bits per heavy atom. The average molecular weight is 263 g/mol. The second-order valence-electron chi connectivity index (χ2n) is 5.33. The summed E-state index contributed by atoms with van der Waals surface area (Å²) in [5.41, 5.74) is 0.559. The van der Waals surface area contributed by atoms with Gasteiger partial charge in [-0.15, -0.1) is 0 Å². The molecule has 0 atom stereocenters. The largest absolute Gasteiger partial charge is 0.462 e. The number of carbonyl (C=O) groups is 1. The summed E-state index contributed by atoms with van der Waals surface area (Å²) < 4.78 is 5.09. The summed E-state index contributed by atoms with van der Waals surface area (Å²) in [6.07, 6.45) is 1.72. The Bertz CT molecular complexity index is 460. The van der Waals surface area contributed by atoms with Crippen molar-refractivity contribution < 1.29 is 9.53 Å². The molecule has 1 aromatic rings. The third-order valence-electron chi connectivity index (χ3n) is 3.15. The molecule has 1 aliphatic rings. The first-order valence-corrected chi connectivity index (χ1v) is 6.65. The van der Waals surface area contributed by atoms with E-state index < -0.39 is 0 Å². The van der Waals surface area contributed by atoms with Gasteiger partial charge in [0.1, 0.15) is 11.4 Å². The molecule has 1 N–H and O–H groups in total. The van der Waals surface area contributed by atoms with Crippen LogP contribution in [0.2, 0.25) is 0 Å². The van der Waals surface area contributed by atoms with Gasteiger partial charge in [0.15, 0.2) is 0 Å². The number of hydrogen-bond acceptors (Lipinski definition) is 5. The lowest BCUT2D eigenvalue weighted by molar-refractivity contribution is 0.0526. The number of nitrogens with zero attached hydrogens (tertiary/aromatic N) is 2. The van der Waals surface area contributed by atoms with Crippen molar-refractivity contribution in [3.8, 4) is 0 Å². The molecule has 0 aliphatic carbocycles. The number of esters is 1. The van der Waals surface area contributed by atoms with Gasteiger partial charge < -0.3 is 15.0 Å². The van der Waals surface area contributed by atoms with E-state index in [1.54, 1.807) is 18.3 Å². The van der Waals surface area contributed by atoms with Gasteiger partial charge in [-0.05, 0) is 32.9 Å². The second-order valence-corrected chi connectivity index (χ2v) is 5.33. The minimum Gasteiger partial charge on any atom is -0.462 e. The molecule has 0 unspecified atom stereocenters. The molecule has 1 saturated heterocycles. The van der Waals surface area contributed by atoms with E-state index in [9.17, 15) is 4.79 Å². The maximum absolute atomic E-state index is 12.0. The normalized spacial score (nSPS) is 18.2. The molecule has 2 heterocycles. The second kappa shape index (κ2) is 5.57. The topological polar surface area (TPSA) is 54.5 Å². The molecular formula is C14H21N3O2. The van der Waals surface area contributed by atoms with Crippen LogP contribution in [0.25, 0.3) is 0 Å². The van der Waals surface area contributed by atoms with E-state index in [4.69, 9.17) is 4.74 Å². The number of carbonyl (C=O) groups excluding carboxylic acids is 1. The number of hydrogen-bond donors (Lipinski definition) is 1. The third-order valence-corrected chi connectivity index (χ3v) is 3.15. The van der Waals surface area contributed by atoms with Crippen LogP contribution in [0.1, 0.15) is 31.1 Å². The van der Waals surface area contributed by atoms with Crippen LogP contribution in [-0.4, -0.2) is 42.7 Å². The number of rotatable bonds is 3. The fourth-order valence-electron chi connectivity index (χ4n) is 2.34. The van der Waals surface area contributed by atoms with Gasteiger partial charge in [0, 0.05) is 31.4 Å². The molecule has 0 amide bonds. The molecule has 0 bridgehead atoms. The number of nitrogens with one attached hydrogen (secondary N) is 1. The van der Waals surface area contributed by atoms with Crippen LogP contribution >= 0.6 is 0 Å². The SMILES string of the molecule is CCOC(=O)c1cccnc1N1CCNC(C)(C)C1. The monoisotopic (exact) mass is 263 g/mol. The van der Waals surface area contributed by atoms with Gasteiger partial charge in [0.05, 0.1) is 6.61 Å². The van der Waals surface area contributed by atoms with E-state index in [0.717, 1.165) is 25.5 Å². The Balaban J connectivity index is 2.26. The lowest BCUT2D eigenvalue weighted by atomic mass is 10.0. The summed E-state index contributed by atoms with van der Waals surface area (Å²) in [4.78, 5) is 18.5. The van der Waals surface area contributed by atoms with Crippen LogP contribution in [0.15, 0.2) is 18.3 Å². The maximum atomic E-state index is 12.0. The quantitative estimate of drug-likeness (QED) is 0.836. The summed E-state index contributed by atoms with van der Waals surface area (Å²) in [5, 5.41) is 3.45. The zero-order chi connectivity index (χ0) is 13.9. The third kappa shape index (κ3) is 3.23. The lowest BCUT2D eigenvalue weighted by Crippen LogP contribution is -2.57. The molecular weight excluding hydrogens is 242 g/mol. The Labute approximate surface area is 114 Å². The van der Waals surface area contributed by atoms with Crippen molar-refractivity contribution in [2.24, 2.45) is 0 Å². The van der Waals surface area contributed by atoms with E-state index in [0.29, 0.717) is 12.2 Å². The number of aromatic nitrogens is 1. The molecule has 0 radical (unpaired) electrons. The Morgan fingerprint density at radius 1 is 1.58 bits per heavy atom. The summed E-state index contributed by atoms with van der Waals surface area (Å²) in [6.45, 7) is 9.01. The standard InChI is InChI=1S/C14H21N3O2/c1-4-19-13(18)11-6-5-7-15-12(11)17-9-8-16-14(2,3)10-17/h5-7,16H,4,8-10H2,1-3H3. The summed E-state index contributed by atoms with van der Waals surface area (Å²) in [5.74, 6) is 0.414. The van der Waals surface area contributed by atoms with Gasteiger partial charge >= 0.3 is 5.97 Å². The predicted octanol–water partition coefficient (Wildman–Crippen LogP) is 1.45. The fraction of sp³-hybridized carbons (Fsp3) is 0.571. The molecule has 1 aromatic heterocycles. The van der Waals surface area contributed by atoms with Gasteiger partial charge in [-0.3, -0.25) is 0 Å². The molecule has 19 heavy (non-hydrogen) atoms. The van der Waals surface area contributed by atoms with Gasteiger partial charge in [0.25, 0.3) is 0 Å². The highest BCUT2D eigenvalue weighted by Gasteiger charge is 2.28. The first-order chi connectivity index (χ1) is 9.03. The van der Waals surface area contributed by atoms with Crippen LogP contribution in [0.4, 0.5) is 5.82 Å². The summed E-state index contributed by atoms with van der Waals surface area (Å²) >= 11 is 0. The molecule has 104 valence electrons. The van der Waals surface area contributed by atoms with Crippen molar-refractivity contribution in [3.05, 3.63) is 23.9 Å². The molecule has 0 saturated carbocycles. The van der Waals surface area contributed by atoms with Crippen molar-refractivity contribution in [1.82, 2.24) is 10.3 Å². The van der Waals surface area contributed by atoms with Crippen molar-refractivity contribution in [2.45, 2.75) is 26.3 Å². The minimum absolute atomic E-state index is 0.0156. The van der Waals surface area contributed by atoms with Crippen LogP contribution in [0.5, 0.6) is 0 Å². The van der Waals surface area contributed by atoms with E-state index >= 15 is 0 Å². The summed E-state index contributed by atoms with van der Waals surface area (Å²) in [6, 6.07) is 3.54. The molecule has 2 rings (SSSR count). The van der Waals surface area contributed by atoms with Crippen molar-refractivity contribution in [1.29, 1.82) is 0 Å². The minimum atomic E-state index is -0.304. The molecule has 1 fully saturated rings. The van der Waals surface area contributed by atoms with E-state index in [1.807, 2.05) is 6.92 Å².